The molecule has 4 heterocycles. The Morgan fingerprint density at radius 2 is 2.06 bits per heavy atom. The molecule has 33 heavy (non-hydrogen) atoms. The van der Waals surface area contributed by atoms with Crippen molar-refractivity contribution in [1.29, 1.82) is 0 Å². The number of carbonyl (C=O) groups is 1. The van der Waals surface area contributed by atoms with E-state index in [1.165, 1.54) is 23.7 Å². The number of aromatic nitrogens is 4. The Morgan fingerprint density at radius 3 is 2.79 bits per heavy atom. The van der Waals surface area contributed by atoms with E-state index in [0.29, 0.717) is 41.3 Å². The highest BCUT2D eigenvalue weighted by atomic mass is 32.2. The van der Waals surface area contributed by atoms with Gasteiger partial charge in [0.15, 0.2) is 15.0 Å². The van der Waals surface area contributed by atoms with E-state index in [2.05, 4.69) is 30.2 Å². The molecule has 0 aliphatic carbocycles. The molecule has 1 aliphatic rings. The number of hydrogen-bond acceptors (Lipinski definition) is 9. The third-order valence-electron chi connectivity index (χ3n) is 6.23. The molecule has 1 aromatic carbocycles. The summed E-state index contributed by atoms with van der Waals surface area (Å²) < 4.78 is 24.3. The maximum atomic E-state index is 13.3. The first-order chi connectivity index (χ1) is 15.8. The molecule has 0 atom stereocenters. The summed E-state index contributed by atoms with van der Waals surface area (Å²) >= 11 is 1.25. The number of thiazole rings is 1. The van der Waals surface area contributed by atoms with Gasteiger partial charge in [-0.25, -0.2) is 23.4 Å². The normalized spacial score (nSPS) is 16.4. The molecule has 1 aliphatic heterocycles. The Bertz CT molecular complexity index is 1450. The topological polar surface area (TPSA) is 147 Å². The molecular weight excluding hydrogens is 462 g/mol. The van der Waals surface area contributed by atoms with E-state index >= 15 is 0 Å². The van der Waals surface area contributed by atoms with Crippen LogP contribution in [-0.2, 0) is 14.6 Å². The molecule has 172 valence electrons. The molecule has 0 saturated carbocycles. The number of nitrogens with two attached hydrogens (primary N) is 1. The van der Waals surface area contributed by atoms with E-state index in [-0.39, 0.29) is 17.3 Å². The van der Waals surface area contributed by atoms with Gasteiger partial charge < -0.3 is 20.9 Å². The Morgan fingerprint density at radius 1 is 1.27 bits per heavy atom. The van der Waals surface area contributed by atoms with Gasteiger partial charge in [-0.05, 0) is 37.1 Å². The fourth-order valence-corrected chi connectivity index (χ4v) is 5.82. The minimum absolute atomic E-state index is 0.165. The number of hydrogen-bond donors (Lipinski definition) is 3. The van der Waals surface area contributed by atoms with Gasteiger partial charge >= 0.3 is 0 Å². The first-order valence-corrected chi connectivity index (χ1v) is 13.2. The zero-order valence-corrected chi connectivity index (χ0v) is 19.5. The molecule has 0 radical (unpaired) electrons. The van der Waals surface area contributed by atoms with Crippen LogP contribution in [0.15, 0.2) is 41.7 Å². The van der Waals surface area contributed by atoms with Crippen LogP contribution in [0, 0.1) is 5.41 Å². The van der Waals surface area contributed by atoms with E-state index < -0.39 is 15.3 Å². The number of fused-ring (bicyclic) bond motifs is 2. The third-order valence-corrected chi connectivity index (χ3v) is 8.28. The monoisotopic (exact) mass is 485 g/mol. The maximum Gasteiger partial charge on any atom is 0.233 e. The van der Waals surface area contributed by atoms with Crippen LogP contribution in [0.25, 0.3) is 21.3 Å². The van der Waals surface area contributed by atoms with Crippen LogP contribution in [0.2, 0.25) is 0 Å². The van der Waals surface area contributed by atoms with Gasteiger partial charge in [0.1, 0.15) is 17.8 Å². The lowest BCUT2D eigenvalue weighted by atomic mass is 9.77. The highest BCUT2D eigenvalue weighted by Gasteiger charge is 2.41. The standard InChI is InChI=1S/C21H23N7O3S2/c1-33(30,31)13-2-3-15-16(10-13)32-20(26-15)27-19(29)21(11-22)5-8-28(9-6-21)18-14-4-7-23-17(14)24-12-25-18/h2-4,7,10,12H,5-6,8-9,11,22H2,1H3,(H,23,24,25)(H,26,27,29). The van der Waals surface area contributed by atoms with Gasteiger partial charge in [0, 0.05) is 32.1 Å². The number of H-pyrrole nitrogens is 1. The molecule has 1 fully saturated rings. The minimum atomic E-state index is -3.32. The number of carbonyl (C=O) groups excluding carboxylic acids is 1. The fraction of sp³-hybridized carbons (Fsp3) is 0.333. The summed E-state index contributed by atoms with van der Waals surface area (Å²) in [4.78, 5) is 31.9. The van der Waals surface area contributed by atoms with Crippen molar-refractivity contribution in [2.24, 2.45) is 11.1 Å². The molecule has 0 unspecified atom stereocenters. The summed E-state index contributed by atoms with van der Waals surface area (Å²) in [6.45, 7) is 1.50. The predicted molar refractivity (Wildman–Crippen MR) is 128 cm³/mol. The van der Waals surface area contributed by atoms with Crippen molar-refractivity contribution in [3.63, 3.8) is 0 Å². The largest absolute Gasteiger partial charge is 0.356 e. The molecule has 0 bridgehead atoms. The summed E-state index contributed by atoms with van der Waals surface area (Å²) in [5, 5.41) is 4.30. The van der Waals surface area contributed by atoms with E-state index in [9.17, 15) is 13.2 Å². The van der Waals surface area contributed by atoms with Crippen molar-refractivity contribution in [3.05, 3.63) is 36.8 Å². The van der Waals surface area contributed by atoms with Gasteiger partial charge in [-0.15, -0.1) is 0 Å². The average Bonchev–Trinajstić information content (AvgIpc) is 3.44. The van der Waals surface area contributed by atoms with Crippen LogP contribution in [0.3, 0.4) is 0 Å². The lowest BCUT2D eigenvalue weighted by molar-refractivity contribution is -0.126. The van der Waals surface area contributed by atoms with E-state index in [0.717, 1.165) is 23.1 Å². The zero-order chi connectivity index (χ0) is 23.2. The number of rotatable bonds is 5. The van der Waals surface area contributed by atoms with Gasteiger partial charge in [0.25, 0.3) is 0 Å². The molecule has 3 aromatic heterocycles. The molecule has 10 nitrogen and oxygen atoms in total. The van der Waals surface area contributed by atoms with Crippen LogP contribution >= 0.6 is 11.3 Å². The second-order valence-electron chi connectivity index (χ2n) is 8.28. The predicted octanol–water partition coefficient (Wildman–Crippen LogP) is 2.16. The van der Waals surface area contributed by atoms with E-state index in [1.54, 1.807) is 12.1 Å². The molecular formula is C21H23N7O3S2. The van der Waals surface area contributed by atoms with Crippen molar-refractivity contribution in [1.82, 2.24) is 19.9 Å². The number of aromatic amines is 1. The molecule has 1 amide bonds. The van der Waals surface area contributed by atoms with Crippen molar-refractivity contribution >= 4 is 59.3 Å². The first kappa shape index (κ1) is 21.7. The van der Waals surface area contributed by atoms with E-state index in [1.807, 2.05) is 12.3 Å². The van der Waals surface area contributed by atoms with Crippen LogP contribution in [-0.4, -0.2) is 60.2 Å². The molecule has 12 heteroatoms. The van der Waals surface area contributed by atoms with Gasteiger partial charge in [0.05, 0.1) is 25.9 Å². The Labute approximate surface area is 194 Å². The quantitative estimate of drug-likeness (QED) is 0.390. The van der Waals surface area contributed by atoms with Crippen LogP contribution < -0.4 is 16.0 Å². The number of nitrogens with zero attached hydrogens (tertiary/aromatic N) is 4. The van der Waals surface area contributed by atoms with E-state index in [4.69, 9.17) is 5.73 Å². The van der Waals surface area contributed by atoms with Gasteiger partial charge in [-0.2, -0.15) is 0 Å². The Balaban J connectivity index is 1.33. The molecule has 0 spiro atoms. The summed E-state index contributed by atoms with van der Waals surface area (Å²) in [6, 6.07) is 6.70. The third kappa shape index (κ3) is 3.94. The summed E-state index contributed by atoms with van der Waals surface area (Å²) in [5.74, 6) is 0.682. The number of nitrogens with one attached hydrogen (secondary N) is 2. The highest BCUT2D eigenvalue weighted by Crippen LogP contribution is 2.36. The second-order valence-corrected chi connectivity index (χ2v) is 11.3. The summed E-state index contributed by atoms with van der Waals surface area (Å²) in [5.41, 5.74) is 6.81. The van der Waals surface area contributed by atoms with Crippen LogP contribution in [0.4, 0.5) is 10.9 Å². The number of amides is 1. The van der Waals surface area contributed by atoms with Crippen LogP contribution in [0.5, 0.6) is 0 Å². The molecule has 4 aromatic rings. The Kier molecular flexibility index (Phi) is 5.30. The lowest BCUT2D eigenvalue weighted by Gasteiger charge is -2.40. The second kappa shape index (κ2) is 8.04. The number of sulfone groups is 1. The van der Waals surface area contributed by atoms with Crippen molar-refractivity contribution in [2.45, 2.75) is 17.7 Å². The lowest BCUT2D eigenvalue weighted by Crippen LogP contribution is -2.50. The van der Waals surface area contributed by atoms with Crippen molar-refractivity contribution < 1.29 is 13.2 Å². The summed E-state index contributed by atoms with van der Waals surface area (Å²) in [7, 11) is -3.32. The number of piperidine rings is 1. The van der Waals surface area contributed by atoms with Gasteiger partial charge in [-0.1, -0.05) is 11.3 Å². The van der Waals surface area contributed by atoms with Gasteiger partial charge in [0.2, 0.25) is 5.91 Å². The smallest absolute Gasteiger partial charge is 0.233 e. The fourth-order valence-electron chi connectivity index (χ4n) is 4.20. The average molecular weight is 486 g/mol. The zero-order valence-electron chi connectivity index (χ0n) is 17.9. The highest BCUT2D eigenvalue weighted by molar-refractivity contribution is 7.90. The number of benzene rings is 1. The minimum Gasteiger partial charge on any atom is -0.356 e. The maximum absolute atomic E-state index is 13.3. The molecule has 1 saturated heterocycles. The Hall–Kier alpha value is -3.09. The molecule has 5 rings (SSSR count). The first-order valence-electron chi connectivity index (χ1n) is 10.4. The SMILES string of the molecule is CS(=O)(=O)c1ccc2nc(NC(=O)C3(CN)CCN(c4ncnc5[nH]ccc45)CC3)sc2c1. The number of anilines is 2. The summed E-state index contributed by atoms with van der Waals surface area (Å²) in [6.07, 6.45) is 5.69. The van der Waals surface area contributed by atoms with Crippen LogP contribution in [0.1, 0.15) is 12.8 Å². The van der Waals surface area contributed by atoms with Gasteiger partial charge in [-0.3, -0.25) is 4.79 Å². The van der Waals surface area contributed by atoms with Crippen molar-refractivity contribution in [3.8, 4) is 0 Å². The molecule has 4 N–H and O–H groups in total. The van der Waals surface area contributed by atoms with Crippen molar-refractivity contribution in [2.75, 3.05) is 36.1 Å².